The van der Waals surface area contributed by atoms with Gasteiger partial charge in [-0.3, -0.25) is 15.6 Å². The number of nitrogens with one attached hydrogen (secondary N) is 3. The second-order valence-corrected chi connectivity index (χ2v) is 6.07. The Balaban J connectivity index is 1.62. The molecule has 2 rings (SSSR count). The maximum atomic E-state index is 11.7. The highest BCUT2D eigenvalue weighted by Gasteiger charge is 2.14. The van der Waals surface area contributed by atoms with Crippen LogP contribution >= 0.6 is 23.8 Å². The first-order valence-corrected chi connectivity index (χ1v) is 8.16. The number of carbonyl (C=O) groups excluding carboxylic acids is 1. The Hall–Kier alpha value is -1.53. The zero-order valence-corrected chi connectivity index (χ0v) is 13.8. The summed E-state index contributed by atoms with van der Waals surface area (Å²) in [7, 11) is 0. The van der Waals surface area contributed by atoms with E-state index < -0.39 is 0 Å². The standard InChI is InChI=1S/C15H20ClN3O2S/c16-11-6-8-13(9-7-11)21-10-14(20)18-19-15(22)17-12-4-2-1-3-5-12/h6-9,12H,1-5,10H2,(H,18,20)(H2,17,19,22). The van der Waals surface area contributed by atoms with Crippen molar-refractivity contribution in [3.63, 3.8) is 0 Å². The first-order chi connectivity index (χ1) is 10.6. The molecule has 0 spiro atoms. The van der Waals surface area contributed by atoms with Gasteiger partial charge in [-0.2, -0.15) is 0 Å². The Morgan fingerprint density at radius 2 is 1.86 bits per heavy atom. The summed E-state index contributed by atoms with van der Waals surface area (Å²) in [5.41, 5.74) is 5.20. The quantitative estimate of drug-likeness (QED) is 0.580. The van der Waals surface area contributed by atoms with E-state index in [9.17, 15) is 4.79 Å². The Morgan fingerprint density at radius 3 is 2.55 bits per heavy atom. The van der Waals surface area contributed by atoms with E-state index in [1.165, 1.54) is 19.3 Å². The van der Waals surface area contributed by atoms with Crippen LogP contribution in [0.25, 0.3) is 0 Å². The average Bonchev–Trinajstić information content (AvgIpc) is 2.53. The third-order valence-electron chi connectivity index (χ3n) is 3.44. The van der Waals surface area contributed by atoms with Crippen molar-refractivity contribution in [2.24, 2.45) is 0 Å². The average molecular weight is 342 g/mol. The van der Waals surface area contributed by atoms with Crippen molar-refractivity contribution < 1.29 is 9.53 Å². The van der Waals surface area contributed by atoms with Gasteiger partial charge in [-0.25, -0.2) is 0 Å². The van der Waals surface area contributed by atoms with Crippen LogP contribution in [-0.2, 0) is 4.79 Å². The molecule has 0 heterocycles. The van der Waals surface area contributed by atoms with Gasteiger partial charge in [0.15, 0.2) is 11.7 Å². The molecule has 22 heavy (non-hydrogen) atoms. The van der Waals surface area contributed by atoms with Crippen LogP contribution in [-0.4, -0.2) is 23.7 Å². The molecule has 3 N–H and O–H groups in total. The smallest absolute Gasteiger partial charge is 0.276 e. The minimum atomic E-state index is -0.303. The van der Waals surface area contributed by atoms with Crippen LogP contribution in [0.3, 0.4) is 0 Å². The van der Waals surface area contributed by atoms with Gasteiger partial charge in [0, 0.05) is 11.1 Å². The summed E-state index contributed by atoms with van der Waals surface area (Å²) in [5, 5.41) is 4.26. The minimum Gasteiger partial charge on any atom is -0.484 e. The topological polar surface area (TPSA) is 62.4 Å². The van der Waals surface area contributed by atoms with Gasteiger partial charge in [-0.15, -0.1) is 0 Å². The molecular weight excluding hydrogens is 322 g/mol. The van der Waals surface area contributed by atoms with Crippen LogP contribution in [0.15, 0.2) is 24.3 Å². The summed E-state index contributed by atoms with van der Waals surface area (Å²) in [6.45, 7) is -0.0966. The Morgan fingerprint density at radius 1 is 1.18 bits per heavy atom. The van der Waals surface area contributed by atoms with Crippen molar-refractivity contribution in [1.82, 2.24) is 16.2 Å². The Kier molecular flexibility index (Phi) is 6.74. The van der Waals surface area contributed by atoms with Crippen molar-refractivity contribution >= 4 is 34.8 Å². The zero-order chi connectivity index (χ0) is 15.8. The van der Waals surface area contributed by atoms with Crippen LogP contribution in [0.5, 0.6) is 5.75 Å². The van der Waals surface area contributed by atoms with E-state index in [0.717, 1.165) is 12.8 Å². The number of ether oxygens (including phenoxy) is 1. The molecule has 1 amide bonds. The number of carbonyl (C=O) groups is 1. The minimum absolute atomic E-state index is 0.0966. The number of hydrogen-bond acceptors (Lipinski definition) is 3. The molecule has 0 radical (unpaired) electrons. The first-order valence-electron chi connectivity index (χ1n) is 7.37. The molecule has 0 bridgehead atoms. The number of rotatable bonds is 4. The highest BCUT2D eigenvalue weighted by molar-refractivity contribution is 7.80. The third kappa shape index (κ3) is 6.07. The van der Waals surface area contributed by atoms with Crippen LogP contribution in [0.2, 0.25) is 5.02 Å². The van der Waals surface area contributed by atoms with E-state index in [2.05, 4.69) is 16.2 Å². The van der Waals surface area contributed by atoms with Crippen molar-refractivity contribution in [1.29, 1.82) is 0 Å². The number of hydrazine groups is 1. The van der Waals surface area contributed by atoms with Crippen LogP contribution in [0, 0.1) is 0 Å². The van der Waals surface area contributed by atoms with Gasteiger partial charge in [-0.05, 0) is 49.3 Å². The molecule has 1 aromatic carbocycles. The van der Waals surface area contributed by atoms with Crippen molar-refractivity contribution in [2.45, 2.75) is 38.1 Å². The molecule has 1 saturated carbocycles. The summed E-state index contributed by atoms with van der Waals surface area (Å²) in [6.07, 6.45) is 5.98. The molecule has 1 aromatic rings. The van der Waals surface area contributed by atoms with E-state index in [1.54, 1.807) is 24.3 Å². The van der Waals surface area contributed by atoms with E-state index >= 15 is 0 Å². The Bertz CT molecular complexity index is 504. The van der Waals surface area contributed by atoms with Gasteiger partial charge in [0.25, 0.3) is 5.91 Å². The maximum absolute atomic E-state index is 11.7. The molecule has 0 aromatic heterocycles. The zero-order valence-electron chi connectivity index (χ0n) is 12.2. The van der Waals surface area contributed by atoms with E-state index in [0.29, 0.717) is 21.9 Å². The van der Waals surface area contributed by atoms with Gasteiger partial charge in [0.1, 0.15) is 5.75 Å². The highest BCUT2D eigenvalue weighted by atomic mass is 35.5. The molecule has 1 aliphatic rings. The number of halogens is 1. The molecule has 1 aliphatic carbocycles. The van der Waals surface area contributed by atoms with Crippen LogP contribution in [0.1, 0.15) is 32.1 Å². The lowest BCUT2D eigenvalue weighted by Crippen LogP contribution is -2.51. The molecular formula is C15H20ClN3O2S. The molecule has 120 valence electrons. The molecule has 7 heteroatoms. The summed E-state index contributed by atoms with van der Waals surface area (Å²) in [6, 6.07) is 7.22. The Labute approximate surface area is 140 Å². The predicted octanol–water partition coefficient (Wildman–Crippen LogP) is 2.55. The summed E-state index contributed by atoms with van der Waals surface area (Å²) >= 11 is 10.9. The fourth-order valence-electron chi connectivity index (χ4n) is 2.31. The lowest BCUT2D eigenvalue weighted by molar-refractivity contribution is -0.123. The second kappa shape index (κ2) is 8.80. The molecule has 0 saturated heterocycles. The lowest BCUT2D eigenvalue weighted by atomic mass is 9.96. The van der Waals surface area contributed by atoms with Gasteiger partial charge in [0.2, 0.25) is 0 Å². The van der Waals surface area contributed by atoms with E-state index in [4.69, 9.17) is 28.6 Å². The van der Waals surface area contributed by atoms with Gasteiger partial charge in [0.05, 0.1) is 0 Å². The van der Waals surface area contributed by atoms with Gasteiger partial charge < -0.3 is 10.1 Å². The summed E-state index contributed by atoms with van der Waals surface area (Å²) in [5.74, 6) is 0.283. The normalized spacial score (nSPS) is 15.0. The fourth-order valence-corrected chi connectivity index (χ4v) is 2.65. The van der Waals surface area contributed by atoms with Crippen LogP contribution < -0.4 is 20.9 Å². The van der Waals surface area contributed by atoms with Crippen molar-refractivity contribution in [2.75, 3.05) is 6.61 Å². The third-order valence-corrected chi connectivity index (χ3v) is 3.91. The summed E-state index contributed by atoms with van der Waals surface area (Å²) in [4.78, 5) is 11.7. The van der Waals surface area contributed by atoms with Gasteiger partial charge >= 0.3 is 0 Å². The highest BCUT2D eigenvalue weighted by Crippen LogP contribution is 2.17. The van der Waals surface area contributed by atoms with Crippen molar-refractivity contribution in [3.05, 3.63) is 29.3 Å². The van der Waals surface area contributed by atoms with E-state index in [-0.39, 0.29) is 12.5 Å². The van der Waals surface area contributed by atoms with Crippen LogP contribution in [0.4, 0.5) is 0 Å². The van der Waals surface area contributed by atoms with Crippen molar-refractivity contribution in [3.8, 4) is 5.75 Å². The lowest BCUT2D eigenvalue weighted by Gasteiger charge is -2.24. The second-order valence-electron chi connectivity index (χ2n) is 5.22. The maximum Gasteiger partial charge on any atom is 0.276 e. The molecule has 5 nitrogen and oxygen atoms in total. The summed E-state index contributed by atoms with van der Waals surface area (Å²) < 4.78 is 5.33. The number of hydrogen-bond donors (Lipinski definition) is 3. The number of amides is 1. The number of thiocarbonyl (C=S) groups is 1. The molecule has 0 atom stereocenters. The monoisotopic (exact) mass is 341 g/mol. The largest absolute Gasteiger partial charge is 0.484 e. The molecule has 0 unspecified atom stereocenters. The van der Waals surface area contributed by atoms with E-state index in [1.807, 2.05) is 0 Å². The first kappa shape index (κ1) is 16.8. The predicted molar refractivity (Wildman–Crippen MR) is 90.8 cm³/mol. The SMILES string of the molecule is O=C(COc1ccc(Cl)cc1)NNC(=S)NC1CCCCC1. The van der Waals surface area contributed by atoms with Gasteiger partial charge in [-0.1, -0.05) is 30.9 Å². The molecule has 0 aliphatic heterocycles. The fraction of sp³-hybridized carbons (Fsp3) is 0.467. The number of benzene rings is 1. The molecule has 1 fully saturated rings.